The summed E-state index contributed by atoms with van der Waals surface area (Å²) < 4.78 is 4.25. The van der Waals surface area contributed by atoms with Crippen LogP contribution in [0.3, 0.4) is 0 Å². The van der Waals surface area contributed by atoms with Gasteiger partial charge in [-0.3, -0.25) is 4.68 Å². The van der Waals surface area contributed by atoms with Crippen LogP contribution in [0, 0.1) is 19.8 Å². The third-order valence-corrected chi connectivity index (χ3v) is 3.75. The number of hydrogen-bond acceptors (Lipinski definition) is 2. The zero-order valence-electron chi connectivity index (χ0n) is 11.4. The van der Waals surface area contributed by atoms with E-state index in [0.29, 0.717) is 6.04 Å². The number of hydrogen-bond donors (Lipinski definition) is 0. The molecule has 4 nitrogen and oxygen atoms in total. The molecular weight excluding hydrogens is 224 g/mol. The van der Waals surface area contributed by atoms with E-state index < -0.39 is 0 Å². The summed E-state index contributed by atoms with van der Waals surface area (Å²) in [5, 5.41) is 4.69. The standard InChI is InChI=1S/C14H19N4/c1-9(14-15-7-8-17(14)4)13-10(2)16-18(11(13)3)12-5-6-12/h7-8,12H,5-6H2,1-4H3. The van der Waals surface area contributed by atoms with Gasteiger partial charge in [0.15, 0.2) is 0 Å². The lowest BCUT2D eigenvalue weighted by Gasteiger charge is -2.12. The van der Waals surface area contributed by atoms with Crippen molar-refractivity contribution >= 4 is 0 Å². The van der Waals surface area contributed by atoms with E-state index in [1.807, 2.05) is 19.4 Å². The van der Waals surface area contributed by atoms with Crippen molar-refractivity contribution < 1.29 is 0 Å². The molecule has 0 atom stereocenters. The summed E-state index contributed by atoms with van der Waals surface area (Å²) in [6, 6.07) is 0.631. The van der Waals surface area contributed by atoms with Crippen molar-refractivity contribution in [2.24, 2.45) is 7.05 Å². The minimum Gasteiger partial charge on any atom is -0.337 e. The number of rotatable bonds is 3. The van der Waals surface area contributed by atoms with Gasteiger partial charge in [0.2, 0.25) is 0 Å². The van der Waals surface area contributed by atoms with Gasteiger partial charge < -0.3 is 4.57 Å². The molecule has 4 heteroatoms. The highest BCUT2D eigenvalue weighted by Gasteiger charge is 2.30. The molecule has 0 spiro atoms. The molecule has 0 N–H and O–H groups in total. The Kier molecular flexibility index (Phi) is 2.54. The largest absolute Gasteiger partial charge is 0.337 e. The predicted octanol–water partition coefficient (Wildman–Crippen LogP) is 2.56. The summed E-state index contributed by atoms with van der Waals surface area (Å²) >= 11 is 0. The van der Waals surface area contributed by atoms with Gasteiger partial charge in [-0.15, -0.1) is 0 Å². The summed E-state index contributed by atoms with van der Waals surface area (Å²) in [6.45, 7) is 6.39. The van der Waals surface area contributed by atoms with Gasteiger partial charge in [-0.2, -0.15) is 5.10 Å². The first-order valence-corrected chi connectivity index (χ1v) is 6.47. The Bertz CT molecular complexity index is 575. The molecule has 95 valence electrons. The maximum Gasteiger partial charge on any atom is 0.120 e. The van der Waals surface area contributed by atoms with Crippen molar-refractivity contribution in [1.82, 2.24) is 19.3 Å². The SMILES string of the molecule is C[C](c1c(C)nn(C2CC2)c1C)c1nccn1C. The van der Waals surface area contributed by atoms with Gasteiger partial charge in [0, 0.05) is 30.7 Å². The first-order valence-electron chi connectivity index (χ1n) is 6.47. The Labute approximate surface area is 108 Å². The summed E-state index contributed by atoms with van der Waals surface area (Å²) in [7, 11) is 2.03. The van der Waals surface area contributed by atoms with E-state index >= 15 is 0 Å². The topological polar surface area (TPSA) is 35.6 Å². The van der Waals surface area contributed by atoms with Crippen LogP contribution in [0.4, 0.5) is 0 Å². The normalized spacial score (nSPS) is 15.6. The number of aryl methyl sites for hydroxylation is 2. The Hall–Kier alpha value is -1.58. The molecule has 1 aliphatic carbocycles. The van der Waals surface area contributed by atoms with Crippen LogP contribution >= 0.6 is 0 Å². The number of aromatic nitrogens is 4. The molecule has 0 amide bonds. The van der Waals surface area contributed by atoms with E-state index in [0.717, 1.165) is 11.5 Å². The third kappa shape index (κ3) is 1.67. The Morgan fingerprint density at radius 1 is 1.33 bits per heavy atom. The molecule has 2 heterocycles. The van der Waals surface area contributed by atoms with Gasteiger partial charge in [0.25, 0.3) is 0 Å². The van der Waals surface area contributed by atoms with Gasteiger partial charge >= 0.3 is 0 Å². The smallest absolute Gasteiger partial charge is 0.120 e. The van der Waals surface area contributed by atoms with Gasteiger partial charge in [0.1, 0.15) is 5.82 Å². The highest BCUT2D eigenvalue weighted by atomic mass is 15.3. The lowest BCUT2D eigenvalue weighted by atomic mass is 9.98. The van der Waals surface area contributed by atoms with Crippen molar-refractivity contribution in [1.29, 1.82) is 0 Å². The molecule has 2 aromatic rings. The molecule has 3 rings (SSSR count). The summed E-state index contributed by atoms with van der Waals surface area (Å²) in [5.41, 5.74) is 3.65. The predicted molar refractivity (Wildman–Crippen MR) is 70.3 cm³/mol. The molecule has 0 aromatic carbocycles. The van der Waals surface area contributed by atoms with E-state index in [-0.39, 0.29) is 0 Å². The molecule has 18 heavy (non-hydrogen) atoms. The van der Waals surface area contributed by atoms with Gasteiger partial charge in [-0.1, -0.05) is 0 Å². The Balaban J connectivity index is 2.03. The zero-order chi connectivity index (χ0) is 12.9. The minimum atomic E-state index is 0.631. The van der Waals surface area contributed by atoms with Crippen molar-refractivity contribution in [2.45, 2.75) is 39.7 Å². The molecule has 2 aromatic heterocycles. The lowest BCUT2D eigenvalue weighted by molar-refractivity contribution is 0.616. The van der Waals surface area contributed by atoms with Crippen LogP contribution in [0.15, 0.2) is 12.4 Å². The van der Waals surface area contributed by atoms with E-state index in [2.05, 4.69) is 35.0 Å². The molecule has 0 aliphatic heterocycles. The monoisotopic (exact) mass is 243 g/mol. The minimum absolute atomic E-state index is 0.631. The van der Waals surface area contributed by atoms with Crippen LogP contribution in [-0.4, -0.2) is 19.3 Å². The fourth-order valence-electron chi connectivity index (χ4n) is 2.72. The maximum atomic E-state index is 4.69. The summed E-state index contributed by atoms with van der Waals surface area (Å²) in [4.78, 5) is 4.43. The zero-order valence-corrected chi connectivity index (χ0v) is 11.4. The van der Waals surface area contributed by atoms with Gasteiger partial charge in [-0.05, 0) is 33.6 Å². The van der Waals surface area contributed by atoms with Crippen LogP contribution < -0.4 is 0 Å². The van der Waals surface area contributed by atoms with Crippen LogP contribution in [0.1, 0.15) is 48.6 Å². The second kappa shape index (κ2) is 3.97. The average molecular weight is 243 g/mol. The number of imidazole rings is 1. The van der Waals surface area contributed by atoms with E-state index in [4.69, 9.17) is 5.10 Å². The lowest BCUT2D eigenvalue weighted by Crippen LogP contribution is -2.07. The Morgan fingerprint density at radius 2 is 2.06 bits per heavy atom. The summed E-state index contributed by atoms with van der Waals surface area (Å²) in [5.74, 6) is 2.24. The fraction of sp³-hybridized carbons (Fsp3) is 0.500. The van der Waals surface area contributed by atoms with Crippen molar-refractivity contribution in [3.05, 3.63) is 41.1 Å². The quantitative estimate of drug-likeness (QED) is 0.830. The molecule has 1 fully saturated rings. The van der Waals surface area contributed by atoms with Gasteiger partial charge in [0.05, 0.1) is 17.7 Å². The molecule has 0 saturated heterocycles. The molecule has 1 aliphatic rings. The molecule has 0 bridgehead atoms. The van der Waals surface area contributed by atoms with E-state index in [9.17, 15) is 0 Å². The van der Waals surface area contributed by atoms with Crippen molar-refractivity contribution in [3.8, 4) is 0 Å². The first kappa shape index (κ1) is 11.5. The second-order valence-electron chi connectivity index (χ2n) is 5.21. The van der Waals surface area contributed by atoms with E-state index in [1.165, 1.54) is 30.0 Å². The molecule has 1 radical (unpaired) electrons. The van der Waals surface area contributed by atoms with Crippen molar-refractivity contribution in [3.63, 3.8) is 0 Å². The van der Waals surface area contributed by atoms with Crippen molar-refractivity contribution in [2.75, 3.05) is 0 Å². The fourth-order valence-corrected chi connectivity index (χ4v) is 2.72. The van der Waals surface area contributed by atoms with Crippen LogP contribution in [0.25, 0.3) is 0 Å². The summed E-state index contributed by atoms with van der Waals surface area (Å²) in [6.07, 6.45) is 6.36. The molecule has 0 unspecified atom stereocenters. The maximum absolute atomic E-state index is 4.69. The van der Waals surface area contributed by atoms with Crippen LogP contribution in [0.2, 0.25) is 0 Å². The highest BCUT2D eigenvalue weighted by Crippen LogP contribution is 2.38. The van der Waals surface area contributed by atoms with Crippen LogP contribution in [-0.2, 0) is 7.05 Å². The van der Waals surface area contributed by atoms with Gasteiger partial charge in [-0.25, -0.2) is 4.98 Å². The Morgan fingerprint density at radius 3 is 2.61 bits per heavy atom. The number of nitrogens with zero attached hydrogens (tertiary/aromatic N) is 4. The third-order valence-electron chi connectivity index (χ3n) is 3.75. The molecular formula is C14H19N4. The molecule has 1 saturated carbocycles. The average Bonchev–Trinajstić information content (AvgIpc) is 3.01. The highest BCUT2D eigenvalue weighted by molar-refractivity contribution is 5.44. The second-order valence-corrected chi connectivity index (χ2v) is 5.21. The van der Waals surface area contributed by atoms with E-state index in [1.54, 1.807) is 0 Å². The first-order chi connectivity index (χ1) is 8.59. The van der Waals surface area contributed by atoms with Crippen LogP contribution in [0.5, 0.6) is 0 Å².